The van der Waals surface area contributed by atoms with Gasteiger partial charge in [-0.15, -0.1) is 0 Å². The summed E-state index contributed by atoms with van der Waals surface area (Å²) in [6.07, 6.45) is 7.81. The van der Waals surface area contributed by atoms with Gasteiger partial charge in [-0.2, -0.15) is 0 Å². The molecule has 0 unspecified atom stereocenters. The number of carbonyl (C=O) groups is 1. The van der Waals surface area contributed by atoms with Gasteiger partial charge in [-0.05, 0) is 43.7 Å². The smallest absolute Gasteiger partial charge is 0.269 e. The maximum absolute atomic E-state index is 13.3. The molecule has 1 N–H and O–H groups in total. The van der Waals surface area contributed by atoms with E-state index in [1.807, 2.05) is 6.07 Å². The number of benzene rings is 1. The summed E-state index contributed by atoms with van der Waals surface area (Å²) in [5.74, 6) is -0.156. The Hall–Kier alpha value is -2.19. The third-order valence-electron chi connectivity index (χ3n) is 7.64. The number of anilines is 1. The van der Waals surface area contributed by atoms with E-state index < -0.39 is 0 Å². The average Bonchev–Trinajstić information content (AvgIpc) is 3.50. The first kappa shape index (κ1) is 20.7. The zero-order chi connectivity index (χ0) is 21.4. The molecule has 0 spiro atoms. The number of non-ortho nitro benzene ring substituents is 1. The van der Waals surface area contributed by atoms with E-state index in [1.165, 1.54) is 25.7 Å². The van der Waals surface area contributed by atoms with Crippen molar-refractivity contribution in [2.75, 3.05) is 37.7 Å². The number of fused-ring (bicyclic) bond motifs is 3. The van der Waals surface area contributed by atoms with Crippen molar-refractivity contribution in [3.05, 3.63) is 33.9 Å². The molecule has 1 aromatic carbocycles. The summed E-state index contributed by atoms with van der Waals surface area (Å²) < 4.78 is 5.67. The fourth-order valence-electron chi connectivity index (χ4n) is 6.00. The van der Waals surface area contributed by atoms with Crippen molar-refractivity contribution in [2.45, 2.75) is 63.1 Å². The predicted molar refractivity (Wildman–Crippen MR) is 117 cm³/mol. The molecule has 31 heavy (non-hydrogen) atoms. The number of piperazine rings is 1. The highest BCUT2D eigenvalue weighted by Gasteiger charge is 2.43. The second kappa shape index (κ2) is 8.74. The fraction of sp³-hybridized carbons (Fsp3) is 0.696. The summed E-state index contributed by atoms with van der Waals surface area (Å²) in [6.45, 7) is 4.06. The molecular formula is C23H32N4O4. The molecule has 8 heteroatoms. The van der Waals surface area contributed by atoms with Crippen molar-refractivity contribution in [1.82, 2.24) is 10.2 Å². The minimum atomic E-state index is -0.350. The molecule has 0 radical (unpaired) electrons. The standard InChI is InChI=1S/C23H32N4O4/c28-23(24-14-19-6-3-11-31-19)20-13-16-12-18(27(29)30)7-8-21(16)26-10-9-25(15-22(20)26)17-4-1-2-5-17/h7-8,12,17,19-20,22H,1-6,9-11,13-15H2,(H,24,28)/t19-,20-,22+/m0/s1. The number of nitrogens with zero attached hydrogens (tertiary/aromatic N) is 3. The topological polar surface area (TPSA) is 87.9 Å². The summed E-state index contributed by atoms with van der Waals surface area (Å²) in [5, 5.41) is 14.5. The number of amides is 1. The normalized spacial score (nSPS) is 28.9. The van der Waals surface area contributed by atoms with Gasteiger partial charge in [-0.3, -0.25) is 19.8 Å². The monoisotopic (exact) mass is 428 g/mol. The molecule has 5 rings (SSSR count). The first-order valence-corrected chi connectivity index (χ1v) is 11.8. The van der Waals surface area contributed by atoms with Crippen LogP contribution in [0.25, 0.3) is 0 Å². The van der Waals surface area contributed by atoms with Crippen molar-refractivity contribution in [1.29, 1.82) is 0 Å². The summed E-state index contributed by atoms with van der Waals surface area (Å²) in [5.41, 5.74) is 2.07. The molecule has 1 aromatic rings. The molecular weight excluding hydrogens is 396 g/mol. The number of nitro groups is 1. The van der Waals surface area contributed by atoms with E-state index in [0.29, 0.717) is 19.0 Å². The Morgan fingerprint density at radius 1 is 1.19 bits per heavy atom. The van der Waals surface area contributed by atoms with Crippen LogP contribution >= 0.6 is 0 Å². The molecule has 1 aliphatic carbocycles. The lowest BCUT2D eigenvalue weighted by molar-refractivity contribution is -0.384. The Balaban J connectivity index is 1.38. The Morgan fingerprint density at radius 3 is 2.77 bits per heavy atom. The molecule has 1 saturated carbocycles. The van der Waals surface area contributed by atoms with Crippen molar-refractivity contribution >= 4 is 17.3 Å². The van der Waals surface area contributed by atoms with Crippen LogP contribution in [-0.4, -0.2) is 66.7 Å². The van der Waals surface area contributed by atoms with Crippen molar-refractivity contribution in [3.63, 3.8) is 0 Å². The van der Waals surface area contributed by atoms with Crippen LogP contribution in [0.15, 0.2) is 18.2 Å². The van der Waals surface area contributed by atoms with E-state index >= 15 is 0 Å². The average molecular weight is 429 g/mol. The Kier molecular flexibility index (Phi) is 5.84. The van der Waals surface area contributed by atoms with Gasteiger partial charge in [0.05, 0.1) is 23.0 Å². The fourth-order valence-corrected chi connectivity index (χ4v) is 6.00. The van der Waals surface area contributed by atoms with Gasteiger partial charge in [0.25, 0.3) is 5.69 Å². The van der Waals surface area contributed by atoms with Crippen molar-refractivity contribution in [3.8, 4) is 0 Å². The van der Waals surface area contributed by atoms with E-state index in [9.17, 15) is 14.9 Å². The number of ether oxygens (including phenoxy) is 1. The summed E-state index contributed by atoms with van der Waals surface area (Å²) in [7, 11) is 0. The highest BCUT2D eigenvalue weighted by atomic mass is 16.6. The van der Waals surface area contributed by atoms with Gasteiger partial charge in [0.2, 0.25) is 5.91 Å². The van der Waals surface area contributed by atoms with Crippen molar-refractivity contribution in [2.24, 2.45) is 5.92 Å². The van der Waals surface area contributed by atoms with Crippen LogP contribution in [0.3, 0.4) is 0 Å². The summed E-state index contributed by atoms with van der Waals surface area (Å²) in [4.78, 5) is 29.2. The lowest BCUT2D eigenvalue weighted by atomic mass is 9.82. The van der Waals surface area contributed by atoms with Gasteiger partial charge in [-0.25, -0.2) is 0 Å². The van der Waals surface area contributed by atoms with Crippen LogP contribution < -0.4 is 10.2 Å². The molecule has 0 aromatic heterocycles. The molecule has 1 amide bonds. The molecule has 3 fully saturated rings. The second-order valence-corrected chi connectivity index (χ2v) is 9.45. The molecule has 3 aliphatic heterocycles. The first-order valence-electron chi connectivity index (χ1n) is 11.8. The van der Waals surface area contributed by atoms with Gasteiger partial charge >= 0.3 is 0 Å². The van der Waals surface area contributed by atoms with E-state index in [2.05, 4.69) is 15.1 Å². The number of hydrogen-bond acceptors (Lipinski definition) is 6. The van der Waals surface area contributed by atoms with Gasteiger partial charge in [-0.1, -0.05) is 12.8 Å². The summed E-state index contributed by atoms with van der Waals surface area (Å²) in [6, 6.07) is 5.88. The number of nitrogens with one attached hydrogen (secondary N) is 1. The third-order valence-corrected chi connectivity index (χ3v) is 7.64. The highest BCUT2D eigenvalue weighted by molar-refractivity contribution is 5.82. The summed E-state index contributed by atoms with van der Waals surface area (Å²) >= 11 is 0. The number of hydrogen-bond donors (Lipinski definition) is 1. The van der Waals surface area contributed by atoms with E-state index in [1.54, 1.807) is 12.1 Å². The third kappa shape index (κ3) is 4.15. The Morgan fingerprint density at radius 2 is 2.03 bits per heavy atom. The number of rotatable bonds is 5. The molecule has 2 saturated heterocycles. The molecule has 168 valence electrons. The van der Waals surface area contributed by atoms with Crippen LogP contribution in [-0.2, 0) is 16.0 Å². The van der Waals surface area contributed by atoms with Gasteiger partial charge in [0.15, 0.2) is 0 Å². The highest BCUT2D eigenvalue weighted by Crippen LogP contribution is 2.39. The van der Waals surface area contributed by atoms with Gasteiger partial charge < -0.3 is 15.0 Å². The number of nitro benzene ring substituents is 1. The quantitative estimate of drug-likeness (QED) is 0.573. The SMILES string of the molecule is O=C(NC[C@@H]1CCCO1)[C@H]1Cc2cc([N+](=O)[O-])ccc2N2CCN(C3CCCC3)C[C@H]12. The Bertz CT molecular complexity index is 835. The lowest BCUT2D eigenvalue weighted by Crippen LogP contribution is -2.62. The van der Waals surface area contributed by atoms with Gasteiger partial charge in [0.1, 0.15) is 0 Å². The minimum Gasteiger partial charge on any atom is -0.376 e. The van der Waals surface area contributed by atoms with Crippen LogP contribution in [0.1, 0.15) is 44.1 Å². The first-order chi connectivity index (χ1) is 15.1. The molecule has 0 bridgehead atoms. The van der Waals surface area contributed by atoms with E-state index in [0.717, 1.165) is 50.3 Å². The van der Waals surface area contributed by atoms with Gasteiger partial charge in [0, 0.05) is 56.6 Å². The van der Waals surface area contributed by atoms with Crippen LogP contribution in [0.5, 0.6) is 0 Å². The Labute approximate surface area is 183 Å². The van der Waals surface area contributed by atoms with E-state index in [4.69, 9.17) is 4.74 Å². The predicted octanol–water partition coefficient (Wildman–Crippen LogP) is 2.50. The zero-order valence-electron chi connectivity index (χ0n) is 18.0. The maximum Gasteiger partial charge on any atom is 0.269 e. The largest absolute Gasteiger partial charge is 0.376 e. The molecule has 8 nitrogen and oxygen atoms in total. The maximum atomic E-state index is 13.3. The second-order valence-electron chi connectivity index (χ2n) is 9.45. The van der Waals surface area contributed by atoms with Crippen LogP contribution in [0.2, 0.25) is 0 Å². The molecule has 3 heterocycles. The minimum absolute atomic E-state index is 0.0518. The molecule has 3 atom stereocenters. The van der Waals surface area contributed by atoms with E-state index in [-0.39, 0.29) is 34.6 Å². The molecule has 4 aliphatic rings. The van der Waals surface area contributed by atoms with Crippen LogP contribution in [0.4, 0.5) is 11.4 Å². The lowest BCUT2D eigenvalue weighted by Gasteiger charge is -2.50. The van der Waals surface area contributed by atoms with Crippen molar-refractivity contribution < 1.29 is 14.5 Å². The number of carbonyl (C=O) groups excluding carboxylic acids is 1. The zero-order valence-corrected chi connectivity index (χ0v) is 18.0. The van der Waals surface area contributed by atoms with Crippen LogP contribution in [0, 0.1) is 16.0 Å².